The smallest absolute Gasteiger partial charge is 0.309 e. The van der Waals surface area contributed by atoms with Crippen LogP contribution in [0.3, 0.4) is 0 Å². The number of carbonyl (C=O) groups excluding carboxylic acids is 1. The molecule has 1 saturated heterocycles. The van der Waals surface area contributed by atoms with Crippen molar-refractivity contribution in [3.05, 3.63) is 0 Å². The molecule has 0 aromatic carbocycles. The first-order chi connectivity index (χ1) is 8.67. The van der Waals surface area contributed by atoms with Crippen molar-refractivity contribution in [1.82, 2.24) is 10.2 Å². The highest BCUT2D eigenvalue weighted by Crippen LogP contribution is 2.18. The zero-order chi connectivity index (χ0) is 13.4. The molecule has 4 heteroatoms. The molecule has 0 radical (unpaired) electrons. The Morgan fingerprint density at radius 3 is 2.67 bits per heavy atom. The second-order valence-corrected chi connectivity index (χ2v) is 5.37. The van der Waals surface area contributed by atoms with Crippen molar-refractivity contribution in [1.29, 1.82) is 0 Å². The van der Waals surface area contributed by atoms with E-state index >= 15 is 0 Å². The molecule has 1 aliphatic heterocycles. The summed E-state index contributed by atoms with van der Waals surface area (Å²) in [5.74, 6) is 0.767. The summed E-state index contributed by atoms with van der Waals surface area (Å²) < 4.78 is 4.78. The fourth-order valence-corrected chi connectivity index (χ4v) is 2.49. The average Bonchev–Trinajstić information content (AvgIpc) is 2.40. The number of hydrogen-bond donors (Lipinski definition) is 1. The number of hydrogen-bond acceptors (Lipinski definition) is 4. The van der Waals surface area contributed by atoms with E-state index in [0.717, 1.165) is 25.4 Å². The van der Waals surface area contributed by atoms with E-state index in [1.807, 2.05) is 6.92 Å². The van der Waals surface area contributed by atoms with Crippen molar-refractivity contribution in [3.8, 4) is 0 Å². The molecular weight excluding hydrogens is 228 g/mol. The van der Waals surface area contributed by atoms with Gasteiger partial charge in [-0.25, -0.2) is 0 Å². The van der Waals surface area contributed by atoms with Gasteiger partial charge < -0.3 is 15.0 Å². The van der Waals surface area contributed by atoms with Crippen molar-refractivity contribution < 1.29 is 9.53 Å². The molecule has 1 atom stereocenters. The van der Waals surface area contributed by atoms with Gasteiger partial charge in [-0.15, -0.1) is 0 Å². The fraction of sp³-hybridized carbons (Fsp3) is 0.929. The highest BCUT2D eigenvalue weighted by atomic mass is 16.5. The van der Waals surface area contributed by atoms with Gasteiger partial charge >= 0.3 is 5.97 Å². The predicted octanol–water partition coefficient (Wildman–Crippen LogP) is 1.51. The first kappa shape index (κ1) is 15.4. The number of nitrogens with zero attached hydrogens (tertiary/aromatic N) is 1. The molecule has 1 rings (SSSR count). The van der Waals surface area contributed by atoms with E-state index in [9.17, 15) is 4.79 Å². The molecule has 1 unspecified atom stereocenters. The number of nitrogens with one attached hydrogen (secondary N) is 1. The van der Waals surface area contributed by atoms with E-state index in [2.05, 4.69) is 17.3 Å². The molecule has 106 valence electrons. The summed E-state index contributed by atoms with van der Waals surface area (Å²) >= 11 is 0. The molecule has 0 aromatic rings. The summed E-state index contributed by atoms with van der Waals surface area (Å²) in [6.45, 7) is 6.24. The van der Waals surface area contributed by atoms with Crippen molar-refractivity contribution >= 4 is 5.97 Å². The maximum Gasteiger partial charge on any atom is 0.309 e. The number of carbonyl (C=O) groups is 1. The van der Waals surface area contributed by atoms with Gasteiger partial charge in [-0.3, -0.25) is 4.79 Å². The minimum atomic E-state index is -0.0932. The molecule has 0 aliphatic carbocycles. The van der Waals surface area contributed by atoms with Crippen LogP contribution in [0.2, 0.25) is 0 Å². The quantitative estimate of drug-likeness (QED) is 0.554. The Bertz CT molecular complexity index is 238. The van der Waals surface area contributed by atoms with E-state index in [-0.39, 0.29) is 11.9 Å². The van der Waals surface area contributed by atoms with Crippen molar-refractivity contribution in [3.63, 3.8) is 0 Å². The molecule has 1 N–H and O–H groups in total. The van der Waals surface area contributed by atoms with Crippen molar-refractivity contribution in [2.75, 3.05) is 40.3 Å². The molecule has 0 amide bonds. The van der Waals surface area contributed by atoms with E-state index < -0.39 is 0 Å². The Morgan fingerprint density at radius 1 is 1.44 bits per heavy atom. The van der Waals surface area contributed by atoms with Crippen molar-refractivity contribution in [2.24, 2.45) is 11.8 Å². The third-order valence-corrected chi connectivity index (χ3v) is 3.99. The van der Waals surface area contributed by atoms with Crippen LogP contribution in [-0.2, 0) is 9.53 Å². The number of rotatable bonds is 7. The van der Waals surface area contributed by atoms with Crippen LogP contribution in [0.15, 0.2) is 0 Å². The normalized spacial score (nSPS) is 19.7. The van der Waals surface area contributed by atoms with Gasteiger partial charge in [0.2, 0.25) is 0 Å². The lowest BCUT2D eigenvalue weighted by Gasteiger charge is -2.29. The van der Waals surface area contributed by atoms with Crippen LogP contribution >= 0.6 is 0 Å². The lowest BCUT2D eigenvalue weighted by atomic mass is 9.94. The lowest BCUT2D eigenvalue weighted by molar-refractivity contribution is -0.145. The molecule has 4 nitrogen and oxygen atoms in total. The number of esters is 1. The molecule has 0 saturated carbocycles. The van der Waals surface area contributed by atoms with Gasteiger partial charge in [0.05, 0.1) is 13.0 Å². The Kier molecular flexibility index (Phi) is 7.28. The van der Waals surface area contributed by atoms with Crippen molar-refractivity contribution in [2.45, 2.75) is 32.6 Å². The number of ether oxygens (including phenoxy) is 1. The van der Waals surface area contributed by atoms with Gasteiger partial charge in [-0.05, 0) is 58.3 Å². The third kappa shape index (κ3) is 5.36. The van der Waals surface area contributed by atoms with Gasteiger partial charge in [0.25, 0.3) is 0 Å². The van der Waals surface area contributed by atoms with E-state index in [0.29, 0.717) is 0 Å². The highest BCUT2D eigenvalue weighted by Gasteiger charge is 2.18. The standard InChI is InChI=1S/C14H28N2O2/c1-4-13(14(17)18-3)11-15-8-5-12-6-9-16(2)10-7-12/h12-13,15H,4-11H2,1-3H3. The number of methoxy groups -OCH3 is 1. The fourth-order valence-electron chi connectivity index (χ4n) is 2.49. The molecule has 1 heterocycles. The molecular formula is C14H28N2O2. The first-order valence-corrected chi connectivity index (χ1v) is 7.14. The predicted molar refractivity (Wildman–Crippen MR) is 73.5 cm³/mol. The van der Waals surface area contributed by atoms with Gasteiger partial charge in [-0.2, -0.15) is 0 Å². The Balaban J connectivity index is 2.08. The van der Waals surface area contributed by atoms with Crippen LogP contribution in [0.1, 0.15) is 32.6 Å². The molecule has 0 aromatic heterocycles. The number of piperidine rings is 1. The summed E-state index contributed by atoms with van der Waals surface area (Å²) in [5.41, 5.74) is 0. The van der Waals surface area contributed by atoms with E-state index in [4.69, 9.17) is 4.74 Å². The van der Waals surface area contributed by atoms with Crippen LogP contribution in [0.25, 0.3) is 0 Å². The van der Waals surface area contributed by atoms with Gasteiger partial charge in [-0.1, -0.05) is 6.92 Å². The zero-order valence-electron chi connectivity index (χ0n) is 12.1. The topological polar surface area (TPSA) is 41.6 Å². The monoisotopic (exact) mass is 256 g/mol. The molecule has 1 fully saturated rings. The highest BCUT2D eigenvalue weighted by molar-refractivity contribution is 5.72. The van der Waals surface area contributed by atoms with Crippen LogP contribution in [-0.4, -0.2) is 51.2 Å². The largest absolute Gasteiger partial charge is 0.469 e. The summed E-state index contributed by atoms with van der Waals surface area (Å²) in [6.07, 6.45) is 4.69. The van der Waals surface area contributed by atoms with Gasteiger partial charge in [0, 0.05) is 6.54 Å². The van der Waals surface area contributed by atoms with Crippen LogP contribution in [0, 0.1) is 11.8 Å². The Morgan fingerprint density at radius 2 is 2.11 bits per heavy atom. The summed E-state index contributed by atoms with van der Waals surface area (Å²) in [6, 6.07) is 0. The maximum atomic E-state index is 11.4. The third-order valence-electron chi connectivity index (χ3n) is 3.99. The minimum absolute atomic E-state index is 0.00693. The second kappa shape index (κ2) is 8.48. The minimum Gasteiger partial charge on any atom is -0.469 e. The summed E-state index contributed by atoms with van der Waals surface area (Å²) in [7, 11) is 3.65. The lowest BCUT2D eigenvalue weighted by Crippen LogP contribution is -2.33. The van der Waals surface area contributed by atoms with Crippen LogP contribution in [0.4, 0.5) is 0 Å². The second-order valence-electron chi connectivity index (χ2n) is 5.37. The SMILES string of the molecule is CCC(CNCCC1CCN(C)CC1)C(=O)OC. The molecule has 0 spiro atoms. The Labute approximate surface area is 111 Å². The Hall–Kier alpha value is -0.610. The summed E-state index contributed by atoms with van der Waals surface area (Å²) in [5, 5.41) is 3.40. The first-order valence-electron chi connectivity index (χ1n) is 7.14. The average molecular weight is 256 g/mol. The van der Waals surface area contributed by atoms with Gasteiger partial charge in [0.1, 0.15) is 0 Å². The van der Waals surface area contributed by atoms with E-state index in [1.165, 1.54) is 39.5 Å². The van der Waals surface area contributed by atoms with E-state index in [1.54, 1.807) is 0 Å². The van der Waals surface area contributed by atoms with Crippen LogP contribution in [0.5, 0.6) is 0 Å². The van der Waals surface area contributed by atoms with Crippen LogP contribution < -0.4 is 5.32 Å². The molecule has 18 heavy (non-hydrogen) atoms. The number of likely N-dealkylation sites (tertiary alicyclic amines) is 1. The summed E-state index contributed by atoms with van der Waals surface area (Å²) in [4.78, 5) is 13.8. The maximum absolute atomic E-state index is 11.4. The molecule has 0 bridgehead atoms. The molecule has 1 aliphatic rings. The van der Waals surface area contributed by atoms with Gasteiger partial charge in [0.15, 0.2) is 0 Å². The zero-order valence-corrected chi connectivity index (χ0v) is 12.1.